The first-order chi connectivity index (χ1) is 14.3. The molecule has 4 rings (SSSR count). The van der Waals surface area contributed by atoms with Gasteiger partial charge in [-0.1, -0.05) is 52.6 Å². The van der Waals surface area contributed by atoms with Crippen molar-refractivity contribution in [2.24, 2.45) is 0 Å². The lowest BCUT2D eigenvalue weighted by Gasteiger charge is -2.21. The average molecular weight is 485 g/mol. The van der Waals surface area contributed by atoms with Crippen molar-refractivity contribution in [3.05, 3.63) is 63.5 Å². The predicted molar refractivity (Wildman–Crippen MR) is 117 cm³/mol. The Bertz CT molecular complexity index is 1190. The molecular weight excluding hydrogens is 471 g/mol. The van der Waals surface area contributed by atoms with Crippen LogP contribution in [-0.2, 0) is 19.7 Å². The smallest absolute Gasteiger partial charge is 0.347 e. The Morgan fingerprint density at radius 3 is 2.50 bits per heavy atom. The number of nitrogens with one attached hydrogen (secondary N) is 2. The van der Waals surface area contributed by atoms with E-state index in [9.17, 15) is 13.2 Å². The fourth-order valence-electron chi connectivity index (χ4n) is 2.81. The Hall–Kier alpha value is -2.37. The molecule has 0 spiro atoms. The molecule has 0 aliphatic carbocycles. The van der Waals surface area contributed by atoms with Crippen molar-refractivity contribution in [1.82, 2.24) is 10.6 Å². The molecule has 0 bridgehead atoms. The molecular formula is C18H14Cl2N4O4S2. The van der Waals surface area contributed by atoms with Gasteiger partial charge in [0.1, 0.15) is 0 Å². The number of aryl methyl sites for hydroxylation is 1. The average Bonchev–Trinajstić information content (AvgIpc) is 3.29. The zero-order chi connectivity index (χ0) is 21.5. The van der Waals surface area contributed by atoms with Crippen molar-refractivity contribution in [1.29, 1.82) is 0 Å². The molecule has 8 nitrogen and oxygen atoms in total. The number of rotatable bonds is 5. The first kappa shape index (κ1) is 20.9. The highest BCUT2D eigenvalue weighted by Crippen LogP contribution is 2.36. The largest absolute Gasteiger partial charge is 0.368 e. The Labute approximate surface area is 186 Å². The molecule has 156 valence electrons. The van der Waals surface area contributed by atoms with Gasteiger partial charge >= 0.3 is 5.97 Å². The van der Waals surface area contributed by atoms with Crippen LogP contribution < -0.4 is 15.3 Å². The van der Waals surface area contributed by atoms with Gasteiger partial charge in [0.25, 0.3) is 15.4 Å². The molecule has 1 saturated heterocycles. The third-order valence-electron chi connectivity index (χ3n) is 4.24. The number of halogens is 2. The number of carbonyl (C=O) groups excluding carboxylic acids is 1. The summed E-state index contributed by atoms with van der Waals surface area (Å²) >= 11 is 13.4. The second-order valence-electron chi connectivity index (χ2n) is 6.35. The topological polar surface area (TPSA) is 101 Å². The molecule has 0 saturated carbocycles. The summed E-state index contributed by atoms with van der Waals surface area (Å²) in [4.78, 5) is 21.2. The number of hydrazine groups is 1. The van der Waals surface area contributed by atoms with Gasteiger partial charge in [-0.3, -0.25) is 4.72 Å². The first-order valence-electron chi connectivity index (χ1n) is 8.50. The molecule has 0 amide bonds. The van der Waals surface area contributed by atoms with E-state index >= 15 is 0 Å². The zero-order valence-corrected chi connectivity index (χ0v) is 18.4. The molecule has 1 unspecified atom stereocenters. The highest BCUT2D eigenvalue weighted by molar-refractivity contribution is 7.94. The molecule has 2 aromatic carbocycles. The molecule has 1 aliphatic rings. The normalized spacial score (nSPS) is 16.6. The third-order valence-corrected chi connectivity index (χ3v) is 7.23. The maximum Gasteiger partial charge on any atom is 0.368 e. The van der Waals surface area contributed by atoms with E-state index in [-0.39, 0.29) is 5.13 Å². The molecule has 3 aromatic rings. The summed E-state index contributed by atoms with van der Waals surface area (Å²) < 4.78 is 28.3. The Morgan fingerprint density at radius 2 is 1.83 bits per heavy atom. The number of nitrogens with zero attached hydrogens (tertiary/aromatic N) is 2. The highest BCUT2D eigenvalue weighted by Gasteiger charge is 2.46. The number of hydrogen-bond acceptors (Lipinski definition) is 8. The quantitative estimate of drug-likeness (QED) is 0.564. The number of sulfonamides is 1. The first-order valence-corrected chi connectivity index (χ1v) is 11.7. The molecule has 2 N–H and O–H groups in total. The molecule has 1 fully saturated rings. The van der Waals surface area contributed by atoms with Crippen LogP contribution in [0.3, 0.4) is 0 Å². The molecule has 2 heterocycles. The van der Waals surface area contributed by atoms with E-state index < -0.39 is 21.4 Å². The van der Waals surface area contributed by atoms with Crippen molar-refractivity contribution in [2.75, 3.05) is 9.73 Å². The van der Waals surface area contributed by atoms with Gasteiger partial charge < -0.3 is 4.84 Å². The lowest BCUT2D eigenvalue weighted by atomic mass is 10.2. The van der Waals surface area contributed by atoms with Gasteiger partial charge in [0.15, 0.2) is 5.13 Å². The van der Waals surface area contributed by atoms with Gasteiger partial charge in [0.2, 0.25) is 0 Å². The Kier molecular flexibility index (Phi) is 5.60. The minimum absolute atomic E-state index is 0.0598. The predicted octanol–water partition coefficient (Wildman–Crippen LogP) is 3.98. The minimum Gasteiger partial charge on any atom is -0.347 e. The van der Waals surface area contributed by atoms with E-state index in [1.807, 2.05) is 6.92 Å². The maximum absolute atomic E-state index is 13.0. The van der Waals surface area contributed by atoms with Crippen LogP contribution in [0.25, 0.3) is 11.3 Å². The van der Waals surface area contributed by atoms with Crippen molar-refractivity contribution in [3.63, 3.8) is 0 Å². The molecule has 12 heteroatoms. The zero-order valence-electron chi connectivity index (χ0n) is 15.3. The van der Waals surface area contributed by atoms with Gasteiger partial charge in [0, 0.05) is 10.9 Å². The van der Waals surface area contributed by atoms with Gasteiger partial charge in [-0.05, 0) is 31.2 Å². The number of carbonyl (C=O) groups is 1. The Morgan fingerprint density at radius 1 is 1.17 bits per heavy atom. The summed E-state index contributed by atoms with van der Waals surface area (Å²) in [5, 5.41) is 1.94. The van der Waals surface area contributed by atoms with Gasteiger partial charge in [-0.2, -0.15) is 0 Å². The summed E-state index contributed by atoms with van der Waals surface area (Å²) in [6, 6.07) is 11.9. The third kappa shape index (κ3) is 3.96. The van der Waals surface area contributed by atoms with E-state index in [4.69, 9.17) is 28.0 Å². The van der Waals surface area contributed by atoms with E-state index in [2.05, 4.69) is 15.3 Å². The van der Waals surface area contributed by atoms with Crippen LogP contribution in [0.15, 0.2) is 47.8 Å². The van der Waals surface area contributed by atoms with Crippen LogP contribution in [0, 0.1) is 6.92 Å². The van der Waals surface area contributed by atoms with Crippen LogP contribution >= 0.6 is 34.5 Å². The summed E-state index contributed by atoms with van der Waals surface area (Å²) in [5.41, 5.74) is 4.68. The van der Waals surface area contributed by atoms with E-state index in [0.29, 0.717) is 27.0 Å². The van der Waals surface area contributed by atoms with Crippen LogP contribution in [-0.4, -0.2) is 24.7 Å². The number of anilines is 2. The lowest BCUT2D eigenvalue weighted by molar-refractivity contribution is -0.142. The SMILES string of the molecule is Cc1ccc(N2NOC(=O)C2S(=O)(=O)Nc2nc(-c3c(Cl)cccc3Cl)cs2)cc1. The van der Waals surface area contributed by atoms with E-state index in [1.54, 1.807) is 47.8 Å². The molecule has 0 radical (unpaired) electrons. The van der Waals surface area contributed by atoms with Crippen molar-refractivity contribution in [3.8, 4) is 11.3 Å². The second-order valence-corrected chi connectivity index (χ2v) is 9.77. The van der Waals surface area contributed by atoms with Gasteiger partial charge in [-0.15, -0.1) is 11.3 Å². The van der Waals surface area contributed by atoms with Crippen LogP contribution in [0.4, 0.5) is 10.8 Å². The van der Waals surface area contributed by atoms with Gasteiger partial charge in [-0.25, -0.2) is 23.2 Å². The summed E-state index contributed by atoms with van der Waals surface area (Å²) in [6.07, 6.45) is 0. The number of aromatic nitrogens is 1. The maximum atomic E-state index is 13.0. The van der Waals surface area contributed by atoms with Gasteiger partial charge in [0.05, 0.1) is 21.4 Å². The molecule has 1 aromatic heterocycles. The summed E-state index contributed by atoms with van der Waals surface area (Å²) in [6.45, 7) is 1.89. The standard InChI is InChI=1S/C18H14Cl2N4O4S2/c1-10-5-7-11(8-6-10)24-16(17(25)28-23-24)30(26,27)22-18-21-14(9-29-18)15-12(19)3-2-4-13(15)20/h2-9,16,23H,1H3,(H,21,22). The second kappa shape index (κ2) is 8.05. The van der Waals surface area contributed by atoms with Crippen molar-refractivity contribution >= 4 is 61.4 Å². The fraction of sp³-hybridized carbons (Fsp3) is 0.111. The Balaban J connectivity index is 1.62. The van der Waals surface area contributed by atoms with Crippen molar-refractivity contribution in [2.45, 2.75) is 12.3 Å². The number of hydrogen-bond donors (Lipinski definition) is 2. The molecule has 30 heavy (non-hydrogen) atoms. The minimum atomic E-state index is -4.24. The molecule has 1 atom stereocenters. The van der Waals surface area contributed by atoms with E-state index in [1.165, 1.54) is 0 Å². The van der Waals surface area contributed by atoms with Crippen LogP contribution in [0.1, 0.15) is 5.56 Å². The van der Waals surface area contributed by atoms with Crippen LogP contribution in [0.2, 0.25) is 10.0 Å². The van der Waals surface area contributed by atoms with Crippen molar-refractivity contribution < 1.29 is 18.0 Å². The number of benzene rings is 2. The lowest BCUT2D eigenvalue weighted by Crippen LogP contribution is -2.46. The summed E-state index contributed by atoms with van der Waals surface area (Å²) in [7, 11) is -4.24. The summed E-state index contributed by atoms with van der Waals surface area (Å²) in [5.74, 6) is -0.964. The number of thiazole rings is 1. The fourth-order valence-corrected chi connectivity index (χ4v) is 5.63. The molecule has 1 aliphatic heterocycles. The highest BCUT2D eigenvalue weighted by atomic mass is 35.5. The van der Waals surface area contributed by atoms with Crippen LogP contribution in [0.5, 0.6) is 0 Å². The van der Waals surface area contributed by atoms with E-state index in [0.717, 1.165) is 21.9 Å². The monoisotopic (exact) mass is 484 g/mol.